The third-order valence-corrected chi connectivity index (χ3v) is 2.05. The number of hydrogen-bond acceptors (Lipinski definition) is 5. The van der Waals surface area contributed by atoms with Crippen molar-refractivity contribution in [3.05, 3.63) is 18.1 Å². The van der Waals surface area contributed by atoms with Crippen molar-refractivity contribution in [1.82, 2.24) is 9.97 Å². The molecule has 1 aromatic heterocycles. The van der Waals surface area contributed by atoms with Crippen LogP contribution in [0, 0.1) is 0 Å². The Bertz CT molecular complexity index is 293. The molecule has 84 valence electrons. The van der Waals surface area contributed by atoms with E-state index in [1.807, 2.05) is 18.9 Å². The maximum atomic E-state index is 5.49. The fraction of sp³-hybridized carbons (Fsp3) is 0.600. The molecule has 0 bridgehead atoms. The largest absolute Gasteiger partial charge is 0.380 e. The molecule has 5 nitrogen and oxygen atoms in total. The number of nitrogens with two attached hydrogens (primary N) is 1. The zero-order chi connectivity index (χ0) is 11.1. The second-order valence-corrected chi connectivity index (χ2v) is 3.19. The molecule has 1 aromatic rings. The van der Waals surface area contributed by atoms with Crippen molar-refractivity contribution in [3.63, 3.8) is 0 Å². The smallest absolute Gasteiger partial charge is 0.147 e. The molecule has 0 radical (unpaired) electrons. The zero-order valence-corrected chi connectivity index (χ0v) is 9.31. The van der Waals surface area contributed by atoms with Gasteiger partial charge in [0.2, 0.25) is 0 Å². The van der Waals surface area contributed by atoms with Gasteiger partial charge in [0.05, 0.1) is 18.5 Å². The third kappa shape index (κ3) is 3.81. The summed E-state index contributed by atoms with van der Waals surface area (Å²) in [5.74, 6) is 0.831. The molecule has 0 aliphatic carbocycles. The van der Waals surface area contributed by atoms with Gasteiger partial charge in [-0.25, -0.2) is 4.98 Å². The van der Waals surface area contributed by atoms with Crippen molar-refractivity contribution in [3.8, 4) is 0 Å². The van der Waals surface area contributed by atoms with E-state index in [9.17, 15) is 0 Å². The van der Waals surface area contributed by atoms with E-state index in [4.69, 9.17) is 10.5 Å². The summed E-state index contributed by atoms with van der Waals surface area (Å²) in [4.78, 5) is 10.4. The van der Waals surface area contributed by atoms with E-state index in [1.165, 1.54) is 0 Å². The van der Waals surface area contributed by atoms with Crippen LogP contribution < -0.4 is 10.6 Å². The summed E-state index contributed by atoms with van der Waals surface area (Å²) in [6.07, 6.45) is 3.41. The molecule has 0 aliphatic rings. The molecule has 0 saturated heterocycles. The van der Waals surface area contributed by atoms with Crippen molar-refractivity contribution in [2.75, 3.05) is 31.7 Å². The molecular weight excluding hydrogens is 192 g/mol. The molecule has 2 N–H and O–H groups in total. The predicted octanol–water partition coefficient (Wildman–Crippen LogP) is 0.408. The Kier molecular flexibility index (Phi) is 5.00. The topological polar surface area (TPSA) is 64.3 Å². The van der Waals surface area contributed by atoms with Crippen LogP contribution in [0.2, 0.25) is 0 Å². The quantitative estimate of drug-likeness (QED) is 0.689. The van der Waals surface area contributed by atoms with Crippen LogP contribution in [0.4, 0.5) is 5.82 Å². The second-order valence-electron chi connectivity index (χ2n) is 3.19. The molecule has 1 rings (SSSR count). The average molecular weight is 210 g/mol. The van der Waals surface area contributed by atoms with E-state index in [-0.39, 0.29) is 0 Å². The highest BCUT2D eigenvalue weighted by Crippen LogP contribution is 2.06. The highest BCUT2D eigenvalue weighted by Gasteiger charge is 2.03. The lowest BCUT2D eigenvalue weighted by molar-refractivity contribution is 0.154. The van der Waals surface area contributed by atoms with Gasteiger partial charge in [-0.15, -0.1) is 0 Å². The highest BCUT2D eigenvalue weighted by atomic mass is 16.5. The molecule has 0 saturated carbocycles. The van der Waals surface area contributed by atoms with Crippen LogP contribution in [-0.2, 0) is 11.3 Å². The first-order valence-corrected chi connectivity index (χ1v) is 5.07. The zero-order valence-electron chi connectivity index (χ0n) is 9.31. The Morgan fingerprint density at radius 1 is 1.47 bits per heavy atom. The van der Waals surface area contributed by atoms with E-state index in [0.29, 0.717) is 13.2 Å². The molecule has 0 unspecified atom stereocenters. The van der Waals surface area contributed by atoms with Crippen molar-refractivity contribution in [1.29, 1.82) is 0 Å². The Balaban J connectivity index is 2.52. The Hall–Kier alpha value is -1.20. The summed E-state index contributed by atoms with van der Waals surface area (Å²) in [5, 5.41) is 0. The molecule has 5 heteroatoms. The van der Waals surface area contributed by atoms with Gasteiger partial charge in [-0.2, -0.15) is 0 Å². The van der Waals surface area contributed by atoms with E-state index in [1.54, 1.807) is 12.4 Å². The van der Waals surface area contributed by atoms with Gasteiger partial charge in [0.1, 0.15) is 5.82 Å². The lowest BCUT2D eigenvalue weighted by atomic mass is 10.4. The third-order valence-electron chi connectivity index (χ3n) is 2.05. The average Bonchev–Trinajstić information content (AvgIpc) is 2.29. The van der Waals surface area contributed by atoms with Gasteiger partial charge >= 0.3 is 0 Å². The summed E-state index contributed by atoms with van der Waals surface area (Å²) >= 11 is 0. The van der Waals surface area contributed by atoms with Gasteiger partial charge in [-0.1, -0.05) is 0 Å². The summed E-state index contributed by atoms with van der Waals surface area (Å²) in [7, 11) is 1.96. The number of likely N-dealkylation sites (N-methyl/N-ethyl adjacent to an activating group) is 1. The standard InChI is InChI=1S/C10H18N4O/c1-3-15-5-4-14(2)10-8-12-7-9(6-11)13-10/h7-8H,3-6,11H2,1-2H3. The molecule has 1 heterocycles. The summed E-state index contributed by atoms with van der Waals surface area (Å²) in [6, 6.07) is 0. The molecule has 0 atom stereocenters. The summed E-state index contributed by atoms with van der Waals surface area (Å²) in [5.41, 5.74) is 6.30. The van der Waals surface area contributed by atoms with Crippen LogP contribution >= 0.6 is 0 Å². The fourth-order valence-corrected chi connectivity index (χ4v) is 1.14. The van der Waals surface area contributed by atoms with E-state index in [2.05, 4.69) is 9.97 Å². The lowest BCUT2D eigenvalue weighted by Gasteiger charge is -2.17. The van der Waals surface area contributed by atoms with Gasteiger partial charge in [0.25, 0.3) is 0 Å². The van der Waals surface area contributed by atoms with E-state index >= 15 is 0 Å². The Morgan fingerprint density at radius 2 is 2.27 bits per heavy atom. The molecule has 0 aliphatic heterocycles. The number of aromatic nitrogens is 2. The minimum absolute atomic E-state index is 0.417. The van der Waals surface area contributed by atoms with E-state index in [0.717, 1.165) is 24.7 Å². The minimum atomic E-state index is 0.417. The van der Waals surface area contributed by atoms with Gasteiger partial charge in [0.15, 0.2) is 0 Å². The predicted molar refractivity (Wildman–Crippen MR) is 59.7 cm³/mol. The number of hydrogen-bond donors (Lipinski definition) is 1. The van der Waals surface area contributed by atoms with Crippen LogP contribution in [0.5, 0.6) is 0 Å². The van der Waals surface area contributed by atoms with Crippen LogP contribution in [0.1, 0.15) is 12.6 Å². The lowest BCUT2D eigenvalue weighted by Crippen LogP contribution is -2.24. The first-order chi connectivity index (χ1) is 7.27. The van der Waals surface area contributed by atoms with Crippen LogP contribution in [0.25, 0.3) is 0 Å². The van der Waals surface area contributed by atoms with Crippen molar-refractivity contribution in [2.45, 2.75) is 13.5 Å². The molecular formula is C10H18N4O. The van der Waals surface area contributed by atoms with Gasteiger partial charge < -0.3 is 15.4 Å². The molecule has 15 heavy (non-hydrogen) atoms. The van der Waals surface area contributed by atoms with Crippen molar-refractivity contribution >= 4 is 5.82 Å². The van der Waals surface area contributed by atoms with Crippen molar-refractivity contribution in [2.24, 2.45) is 5.73 Å². The Labute approximate surface area is 90.3 Å². The highest BCUT2D eigenvalue weighted by molar-refractivity contribution is 5.34. The molecule has 0 spiro atoms. The second kappa shape index (κ2) is 6.31. The normalized spacial score (nSPS) is 10.3. The van der Waals surface area contributed by atoms with Crippen LogP contribution in [0.15, 0.2) is 12.4 Å². The first-order valence-electron chi connectivity index (χ1n) is 5.07. The molecule has 0 amide bonds. The maximum Gasteiger partial charge on any atom is 0.147 e. The summed E-state index contributed by atoms with van der Waals surface area (Å²) < 4.78 is 5.27. The first kappa shape index (κ1) is 11.9. The van der Waals surface area contributed by atoms with Crippen LogP contribution in [-0.4, -0.2) is 36.8 Å². The number of rotatable bonds is 6. The minimum Gasteiger partial charge on any atom is -0.380 e. The van der Waals surface area contributed by atoms with Crippen molar-refractivity contribution < 1.29 is 4.74 Å². The molecule has 0 aromatic carbocycles. The van der Waals surface area contributed by atoms with Crippen LogP contribution in [0.3, 0.4) is 0 Å². The fourth-order valence-electron chi connectivity index (χ4n) is 1.14. The van der Waals surface area contributed by atoms with Gasteiger partial charge in [0, 0.05) is 32.9 Å². The van der Waals surface area contributed by atoms with Gasteiger partial charge in [-0.05, 0) is 6.92 Å². The Morgan fingerprint density at radius 3 is 2.93 bits per heavy atom. The monoisotopic (exact) mass is 210 g/mol. The molecule has 0 fully saturated rings. The van der Waals surface area contributed by atoms with E-state index < -0.39 is 0 Å². The number of nitrogens with zero attached hydrogens (tertiary/aromatic N) is 3. The van der Waals surface area contributed by atoms with Gasteiger partial charge in [-0.3, -0.25) is 4.98 Å². The summed E-state index contributed by atoms with van der Waals surface area (Å²) in [6.45, 7) is 4.63. The number of ether oxygens (including phenoxy) is 1. The number of anilines is 1. The maximum absolute atomic E-state index is 5.49. The SMILES string of the molecule is CCOCCN(C)c1cncc(CN)n1.